The maximum Gasteiger partial charge on any atom is 0.246 e. The zero-order valence-electron chi connectivity index (χ0n) is 22.1. The lowest BCUT2D eigenvalue weighted by Gasteiger charge is -2.24. The second-order valence-corrected chi connectivity index (χ2v) is 11.3. The number of hydrogen-bond donors (Lipinski definition) is 1. The van der Waals surface area contributed by atoms with Crippen molar-refractivity contribution >= 4 is 44.6 Å². The average Bonchev–Trinajstić information content (AvgIpc) is 3.64. The fraction of sp³-hybridized carbons (Fsp3) is 0.207. The van der Waals surface area contributed by atoms with Gasteiger partial charge in [-0.2, -0.15) is 0 Å². The van der Waals surface area contributed by atoms with E-state index in [9.17, 15) is 9.18 Å². The monoisotopic (exact) mass is 588 g/mol. The van der Waals surface area contributed by atoms with Crippen LogP contribution in [0.3, 0.4) is 0 Å². The van der Waals surface area contributed by atoms with E-state index in [0.29, 0.717) is 59.4 Å². The van der Waals surface area contributed by atoms with Gasteiger partial charge in [0.15, 0.2) is 0 Å². The molecule has 1 aromatic carbocycles. The summed E-state index contributed by atoms with van der Waals surface area (Å²) in [7, 11) is 1.58. The van der Waals surface area contributed by atoms with E-state index < -0.39 is 5.82 Å². The lowest BCUT2D eigenvalue weighted by Crippen LogP contribution is -2.34. The van der Waals surface area contributed by atoms with E-state index in [1.54, 1.807) is 41.8 Å². The SMILES string of the molecule is C=CC(=O)N1CCc2nc(-c3nc(-c4cnc(N)nc4)c4ccsc4c3-c3ccc(F)cc3OCCOC)sc2C1. The van der Waals surface area contributed by atoms with Crippen LogP contribution in [0.2, 0.25) is 0 Å². The summed E-state index contributed by atoms with van der Waals surface area (Å²) in [6.07, 6.45) is 5.25. The smallest absolute Gasteiger partial charge is 0.246 e. The molecule has 0 bridgehead atoms. The minimum Gasteiger partial charge on any atom is -0.490 e. The molecule has 208 valence electrons. The molecule has 0 atom stereocenters. The number of nitrogen functional groups attached to an aromatic ring is 1. The first-order valence-electron chi connectivity index (χ1n) is 12.8. The van der Waals surface area contributed by atoms with Gasteiger partial charge < -0.3 is 20.1 Å². The highest BCUT2D eigenvalue weighted by atomic mass is 32.1. The number of nitrogens with two attached hydrogens (primary N) is 1. The third kappa shape index (κ3) is 5.17. The molecule has 0 fully saturated rings. The Morgan fingerprint density at radius 2 is 2.02 bits per heavy atom. The van der Waals surface area contributed by atoms with Crippen molar-refractivity contribution in [2.24, 2.45) is 0 Å². The number of thiazole rings is 1. The number of amides is 1. The van der Waals surface area contributed by atoms with Gasteiger partial charge in [0, 0.05) is 70.2 Å². The predicted molar refractivity (Wildman–Crippen MR) is 158 cm³/mol. The van der Waals surface area contributed by atoms with Crippen LogP contribution in [0.5, 0.6) is 5.75 Å². The summed E-state index contributed by atoms with van der Waals surface area (Å²) in [4.78, 5) is 33.6. The zero-order chi connectivity index (χ0) is 28.5. The van der Waals surface area contributed by atoms with Crippen molar-refractivity contribution in [2.75, 3.05) is 32.6 Å². The standard InChI is InChI=1S/C29H25FN6O3S2/c1-3-23(37)36-8-6-20-22(15-36)41-28(34-20)26-24(18-5-4-17(30)12-21(18)39-10-9-38-2)27-19(7-11-40-27)25(35-26)16-13-32-29(31)33-14-16/h3-5,7,11-14H,1,6,8-10,15H2,2H3,(H2,31,32,33). The Morgan fingerprint density at radius 3 is 2.80 bits per heavy atom. The molecule has 1 aliphatic heterocycles. The molecule has 9 nitrogen and oxygen atoms in total. The molecule has 4 aromatic heterocycles. The number of carbonyl (C=O) groups is 1. The number of ether oxygens (including phenoxy) is 2. The number of carbonyl (C=O) groups excluding carboxylic acids is 1. The van der Waals surface area contributed by atoms with Crippen molar-refractivity contribution in [3.63, 3.8) is 0 Å². The molecular formula is C29H25FN6O3S2. The topological polar surface area (TPSA) is 116 Å². The molecule has 1 amide bonds. The first-order chi connectivity index (χ1) is 20.0. The van der Waals surface area contributed by atoms with Crippen molar-refractivity contribution in [1.29, 1.82) is 0 Å². The van der Waals surface area contributed by atoms with Gasteiger partial charge in [-0.25, -0.2) is 24.3 Å². The molecule has 5 heterocycles. The first kappa shape index (κ1) is 26.9. The summed E-state index contributed by atoms with van der Waals surface area (Å²) in [5.41, 5.74) is 10.2. The summed E-state index contributed by atoms with van der Waals surface area (Å²) < 4.78 is 26.5. The number of aromatic nitrogens is 4. The first-order valence-corrected chi connectivity index (χ1v) is 14.5. The number of hydrogen-bond acceptors (Lipinski definition) is 10. The Kier molecular flexibility index (Phi) is 7.43. The van der Waals surface area contributed by atoms with E-state index in [2.05, 4.69) is 16.5 Å². The van der Waals surface area contributed by atoms with E-state index in [4.69, 9.17) is 25.2 Å². The van der Waals surface area contributed by atoms with Gasteiger partial charge in [0.2, 0.25) is 11.9 Å². The van der Waals surface area contributed by atoms with E-state index in [1.807, 2.05) is 11.4 Å². The normalized spacial score (nSPS) is 12.9. The third-order valence-electron chi connectivity index (χ3n) is 6.73. The van der Waals surface area contributed by atoms with Crippen LogP contribution in [0.15, 0.2) is 54.7 Å². The summed E-state index contributed by atoms with van der Waals surface area (Å²) in [5, 5.41) is 3.57. The largest absolute Gasteiger partial charge is 0.490 e. The van der Waals surface area contributed by atoms with Crippen LogP contribution in [0.25, 0.3) is 43.2 Å². The number of anilines is 1. The molecule has 41 heavy (non-hydrogen) atoms. The molecular weight excluding hydrogens is 563 g/mol. The lowest BCUT2D eigenvalue weighted by molar-refractivity contribution is -0.126. The zero-order valence-corrected chi connectivity index (χ0v) is 23.7. The van der Waals surface area contributed by atoms with Crippen molar-refractivity contribution in [3.8, 4) is 38.8 Å². The van der Waals surface area contributed by atoms with Gasteiger partial charge in [0.25, 0.3) is 0 Å². The summed E-state index contributed by atoms with van der Waals surface area (Å²) in [6.45, 7) is 5.24. The number of rotatable bonds is 8. The molecule has 0 aliphatic carbocycles. The second-order valence-electron chi connectivity index (χ2n) is 9.26. The highest BCUT2D eigenvalue weighted by Gasteiger charge is 2.28. The van der Waals surface area contributed by atoms with Crippen LogP contribution in [-0.4, -0.2) is 57.6 Å². The highest BCUT2D eigenvalue weighted by Crippen LogP contribution is 2.47. The number of fused-ring (bicyclic) bond motifs is 2. The number of pyridine rings is 1. The molecule has 5 aromatic rings. The molecule has 6 rings (SSSR count). The van der Waals surface area contributed by atoms with Gasteiger partial charge in [-0.15, -0.1) is 22.7 Å². The minimum atomic E-state index is -0.412. The van der Waals surface area contributed by atoms with Gasteiger partial charge >= 0.3 is 0 Å². The molecule has 12 heteroatoms. The van der Waals surface area contributed by atoms with E-state index in [1.165, 1.54) is 29.5 Å². The van der Waals surface area contributed by atoms with Crippen molar-refractivity contribution in [3.05, 3.63) is 71.1 Å². The van der Waals surface area contributed by atoms with E-state index >= 15 is 0 Å². The average molecular weight is 589 g/mol. The van der Waals surface area contributed by atoms with Gasteiger partial charge in [0.1, 0.15) is 28.9 Å². The van der Waals surface area contributed by atoms with Gasteiger partial charge in [-0.1, -0.05) is 6.58 Å². The van der Waals surface area contributed by atoms with Crippen LogP contribution >= 0.6 is 22.7 Å². The van der Waals surface area contributed by atoms with Gasteiger partial charge in [-0.3, -0.25) is 4.79 Å². The molecule has 0 radical (unpaired) electrons. The Hall–Kier alpha value is -4.26. The number of methoxy groups -OCH3 is 1. The predicted octanol–water partition coefficient (Wildman–Crippen LogP) is 5.36. The number of halogens is 1. The fourth-order valence-electron chi connectivity index (χ4n) is 4.78. The van der Waals surface area contributed by atoms with E-state index in [0.717, 1.165) is 26.2 Å². The van der Waals surface area contributed by atoms with E-state index in [-0.39, 0.29) is 18.5 Å². The molecule has 0 spiro atoms. The van der Waals surface area contributed by atoms with Crippen molar-refractivity contribution < 1.29 is 18.7 Å². The molecule has 0 saturated carbocycles. The fourth-order valence-corrected chi connectivity index (χ4v) is 6.86. The Labute approximate surface area is 243 Å². The van der Waals surface area contributed by atoms with Crippen LogP contribution in [0.4, 0.5) is 10.3 Å². The minimum absolute atomic E-state index is 0.112. The van der Waals surface area contributed by atoms with Gasteiger partial charge in [-0.05, 0) is 29.7 Å². The molecule has 0 saturated heterocycles. The number of nitrogens with zero attached hydrogens (tertiary/aromatic N) is 5. The highest BCUT2D eigenvalue weighted by molar-refractivity contribution is 7.18. The summed E-state index contributed by atoms with van der Waals surface area (Å²) in [5.74, 6) is 0.0274. The maximum absolute atomic E-state index is 14.5. The second kappa shape index (κ2) is 11.3. The Morgan fingerprint density at radius 1 is 1.20 bits per heavy atom. The summed E-state index contributed by atoms with van der Waals surface area (Å²) >= 11 is 3.04. The van der Waals surface area contributed by atoms with Crippen LogP contribution in [0.1, 0.15) is 10.6 Å². The lowest BCUT2D eigenvalue weighted by atomic mass is 9.99. The number of thiophene rings is 1. The van der Waals surface area contributed by atoms with Crippen molar-refractivity contribution in [1.82, 2.24) is 24.8 Å². The third-order valence-corrected chi connectivity index (χ3v) is 8.75. The van der Waals surface area contributed by atoms with Crippen LogP contribution in [0, 0.1) is 5.82 Å². The summed E-state index contributed by atoms with van der Waals surface area (Å²) in [6, 6.07) is 6.49. The molecule has 2 N–H and O–H groups in total. The van der Waals surface area contributed by atoms with Crippen LogP contribution < -0.4 is 10.5 Å². The maximum atomic E-state index is 14.5. The van der Waals surface area contributed by atoms with Crippen LogP contribution in [-0.2, 0) is 22.5 Å². The molecule has 0 unspecified atom stereocenters. The van der Waals surface area contributed by atoms with Gasteiger partial charge in [0.05, 0.1) is 24.5 Å². The number of benzene rings is 1. The Balaban J connectivity index is 1.58. The Bertz CT molecular complexity index is 1770. The van der Waals surface area contributed by atoms with Crippen molar-refractivity contribution in [2.45, 2.75) is 13.0 Å². The molecule has 1 aliphatic rings. The quantitative estimate of drug-likeness (QED) is 0.190.